The number of phenols is 1. The fourth-order valence-corrected chi connectivity index (χ4v) is 2.33. The molecule has 0 amide bonds. The normalized spacial score (nSPS) is 20.3. The van der Waals surface area contributed by atoms with Gasteiger partial charge in [-0.25, -0.2) is 9.59 Å². The molecule has 2 aliphatic rings. The van der Waals surface area contributed by atoms with Crippen LogP contribution in [0.3, 0.4) is 0 Å². The van der Waals surface area contributed by atoms with E-state index < -0.39 is 17.7 Å². The maximum absolute atomic E-state index is 11.9. The molecule has 0 spiro atoms. The van der Waals surface area contributed by atoms with E-state index >= 15 is 0 Å². The zero-order valence-corrected chi connectivity index (χ0v) is 13.0. The third-order valence-corrected chi connectivity index (χ3v) is 3.77. The molecular formula is C17H18O6. The summed E-state index contributed by atoms with van der Waals surface area (Å²) >= 11 is 0. The smallest absolute Gasteiger partial charge is 0.348 e. The number of cyclic esters (lactones) is 2. The van der Waals surface area contributed by atoms with E-state index in [1.54, 1.807) is 12.1 Å². The van der Waals surface area contributed by atoms with Crippen molar-refractivity contribution in [2.45, 2.75) is 45.0 Å². The molecule has 6 nitrogen and oxygen atoms in total. The predicted octanol–water partition coefficient (Wildman–Crippen LogP) is 2.54. The Morgan fingerprint density at radius 1 is 1.22 bits per heavy atom. The van der Waals surface area contributed by atoms with E-state index in [0.29, 0.717) is 11.3 Å². The number of hydrogen-bond acceptors (Lipinski definition) is 6. The number of esters is 2. The number of aromatic hydroxyl groups is 1. The first-order valence-corrected chi connectivity index (χ1v) is 7.52. The SMILES string of the molecule is CC1(C)OC(=O)C(=Cc2ccc(OC3CCC3)cc2O)C(=O)O1. The van der Waals surface area contributed by atoms with Crippen LogP contribution in [0.4, 0.5) is 0 Å². The van der Waals surface area contributed by atoms with Gasteiger partial charge in [-0.1, -0.05) is 0 Å². The van der Waals surface area contributed by atoms with Crippen LogP contribution >= 0.6 is 0 Å². The number of rotatable bonds is 3. The summed E-state index contributed by atoms with van der Waals surface area (Å²) in [5.41, 5.74) is 0.0573. The van der Waals surface area contributed by atoms with Gasteiger partial charge >= 0.3 is 11.9 Å². The zero-order chi connectivity index (χ0) is 16.6. The van der Waals surface area contributed by atoms with Gasteiger partial charge in [0, 0.05) is 25.5 Å². The molecule has 1 saturated heterocycles. The topological polar surface area (TPSA) is 82.1 Å². The minimum atomic E-state index is -1.28. The van der Waals surface area contributed by atoms with Crippen molar-refractivity contribution >= 4 is 18.0 Å². The Bertz CT molecular complexity index is 662. The Morgan fingerprint density at radius 2 is 1.87 bits per heavy atom. The van der Waals surface area contributed by atoms with Crippen molar-refractivity contribution in [3.63, 3.8) is 0 Å². The molecule has 1 heterocycles. The van der Waals surface area contributed by atoms with E-state index in [4.69, 9.17) is 14.2 Å². The van der Waals surface area contributed by atoms with Crippen molar-refractivity contribution in [1.29, 1.82) is 0 Å². The second-order valence-corrected chi connectivity index (χ2v) is 6.13. The van der Waals surface area contributed by atoms with Gasteiger partial charge in [0.25, 0.3) is 5.79 Å². The number of carbonyl (C=O) groups excluding carboxylic acids is 2. The van der Waals surface area contributed by atoms with Crippen molar-refractivity contribution in [2.75, 3.05) is 0 Å². The maximum atomic E-state index is 11.9. The summed E-state index contributed by atoms with van der Waals surface area (Å²) in [7, 11) is 0. The number of carbonyl (C=O) groups is 2. The first kappa shape index (κ1) is 15.4. The number of phenolic OH excluding ortho intramolecular Hbond substituents is 1. The average molecular weight is 318 g/mol. The largest absolute Gasteiger partial charge is 0.507 e. The molecule has 6 heteroatoms. The van der Waals surface area contributed by atoms with Crippen molar-refractivity contribution in [3.05, 3.63) is 29.3 Å². The van der Waals surface area contributed by atoms with Crippen LogP contribution in [0.1, 0.15) is 38.7 Å². The molecule has 0 aromatic heterocycles. The second kappa shape index (κ2) is 5.61. The van der Waals surface area contributed by atoms with Crippen molar-refractivity contribution in [2.24, 2.45) is 0 Å². The molecular weight excluding hydrogens is 300 g/mol. The maximum Gasteiger partial charge on any atom is 0.348 e. The molecule has 0 bridgehead atoms. The van der Waals surface area contributed by atoms with Crippen LogP contribution in [0, 0.1) is 0 Å². The van der Waals surface area contributed by atoms with Gasteiger partial charge in [-0.2, -0.15) is 0 Å². The molecule has 1 aliphatic carbocycles. The number of benzene rings is 1. The van der Waals surface area contributed by atoms with Gasteiger partial charge in [0.15, 0.2) is 0 Å². The fourth-order valence-electron chi connectivity index (χ4n) is 2.33. The van der Waals surface area contributed by atoms with Gasteiger partial charge in [0.05, 0.1) is 6.10 Å². The van der Waals surface area contributed by atoms with Crippen LogP contribution in [-0.2, 0) is 19.1 Å². The highest BCUT2D eigenvalue weighted by atomic mass is 16.7. The molecule has 122 valence electrons. The molecule has 0 radical (unpaired) electrons. The van der Waals surface area contributed by atoms with Crippen LogP contribution in [0.5, 0.6) is 11.5 Å². The molecule has 2 fully saturated rings. The van der Waals surface area contributed by atoms with Crippen LogP contribution in [0.15, 0.2) is 23.8 Å². The third kappa shape index (κ3) is 3.31. The lowest BCUT2D eigenvalue weighted by Crippen LogP contribution is -2.41. The molecule has 23 heavy (non-hydrogen) atoms. The minimum Gasteiger partial charge on any atom is -0.507 e. The quantitative estimate of drug-likeness (QED) is 0.524. The van der Waals surface area contributed by atoms with Gasteiger partial charge < -0.3 is 19.3 Å². The molecule has 1 aliphatic heterocycles. The predicted molar refractivity (Wildman–Crippen MR) is 80.6 cm³/mol. The van der Waals surface area contributed by atoms with E-state index in [9.17, 15) is 14.7 Å². The lowest BCUT2D eigenvalue weighted by atomic mass is 9.96. The van der Waals surface area contributed by atoms with Crippen molar-refractivity contribution in [1.82, 2.24) is 0 Å². The van der Waals surface area contributed by atoms with Crippen LogP contribution in [-0.4, -0.2) is 28.9 Å². The van der Waals surface area contributed by atoms with E-state index in [2.05, 4.69) is 0 Å². The van der Waals surface area contributed by atoms with E-state index in [-0.39, 0.29) is 17.4 Å². The lowest BCUT2D eigenvalue weighted by Gasteiger charge is -2.29. The molecule has 0 unspecified atom stereocenters. The average Bonchev–Trinajstić information content (AvgIpc) is 2.39. The summed E-state index contributed by atoms with van der Waals surface area (Å²) in [6.07, 6.45) is 4.63. The van der Waals surface area contributed by atoms with E-state index in [1.165, 1.54) is 26.0 Å². The fraction of sp³-hybridized carbons (Fsp3) is 0.412. The van der Waals surface area contributed by atoms with Gasteiger partial charge in [-0.15, -0.1) is 0 Å². The molecule has 1 N–H and O–H groups in total. The Labute approximate surface area is 133 Å². The molecule has 1 saturated carbocycles. The third-order valence-electron chi connectivity index (χ3n) is 3.77. The minimum absolute atomic E-state index is 0.0836. The standard InChI is InChI=1S/C17H18O6/c1-17(2)22-15(19)13(16(20)23-17)8-10-6-7-12(9-14(10)18)21-11-4-3-5-11/h6-9,11,18H,3-5H2,1-2H3. The molecule has 1 aromatic rings. The van der Waals surface area contributed by atoms with Gasteiger partial charge in [-0.05, 0) is 37.5 Å². The van der Waals surface area contributed by atoms with E-state index in [1.807, 2.05) is 0 Å². The molecule has 1 aromatic carbocycles. The van der Waals surface area contributed by atoms with Gasteiger partial charge in [-0.3, -0.25) is 0 Å². The monoisotopic (exact) mass is 318 g/mol. The highest BCUT2D eigenvalue weighted by Gasteiger charge is 2.39. The Kier molecular flexibility index (Phi) is 3.75. The first-order valence-electron chi connectivity index (χ1n) is 7.52. The summed E-state index contributed by atoms with van der Waals surface area (Å²) < 4.78 is 15.7. The first-order chi connectivity index (χ1) is 10.8. The van der Waals surface area contributed by atoms with Gasteiger partial charge in [0.2, 0.25) is 0 Å². The number of hydrogen-bond donors (Lipinski definition) is 1. The van der Waals surface area contributed by atoms with E-state index in [0.717, 1.165) is 19.3 Å². The summed E-state index contributed by atoms with van der Waals surface area (Å²) in [5.74, 6) is -2.36. The van der Waals surface area contributed by atoms with Crippen molar-refractivity contribution < 1.29 is 28.9 Å². The lowest BCUT2D eigenvalue weighted by molar-refractivity contribution is -0.222. The van der Waals surface area contributed by atoms with Crippen molar-refractivity contribution in [3.8, 4) is 11.5 Å². The number of ether oxygens (including phenoxy) is 3. The highest BCUT2D eigenvalue weighted by molar-refractivity contribution is 6.19. The van der Waals surface area contributed by atoms with Gasteiger partial charge in [0.1, 0.15) is 17.1 Å². The summed E-state index contributed by atoms with van der Waals surface area (Å²) in [6.45, 7) is 2.95. The Hall–Kier alpha value is -2.50. The highest BCUT2D eigenvalue weighted by Crippen LogP contribution is 2.31. The van der Waals surface area contributed by atoms with Crippen LogP contribution in [0.2, 0.25) is 0 Å². The second-order valence-electron chi connectivity index (χ2n) is 6.13. The molecule has 3 rings (SSSR count). The summed E-state index contributed by atoms with van der Waals surface area (Å²) in [5, 5.41) is 10.1. The van der Waals surface area contributed by atoms with Crippen LogP contribution in [0.25, 0.3) is 6.08 Å². The molecule has 0 atom stereocenters. The Balaban J connectivity index is 1.81. The Morgan fingerprint density at radius 3 is 2.39 bits per heavy atom. The zero-order valence-electron chi connectivity index (χ0n) is 13.0. The van der Waals surface area contributed by atoms with Crippen LogP contribution < -0.4 is 4.74 Å². The summed E-state index contributed by atoms with van der Waals surface area (Å²) in [6, 6.07) is 4.73. The summed E-state index contributed by atoms with van der Waals surface area (Å²) in [4.78, 5) is 23.8.